The molecule has 1 aromatic heterocycles. The Balaban J connectivity index is 1.36. The molecular weight excluding hydrogens is 305 g/mol. The molecule has 124 valence electrons. The number of hydrogen-bond acceptors (Lipinski definition) is 3. The van der Waals surface area contributed by atoms with E-state index >= 15 is 0 Å². The minimum atomic E-state index is -0.210. The first-order valence-electron chi connectivity index (χ1n) is 8.33. The lowest BCUT2D eigenvalue weighted by molar-refractivity contribution is -0.131. The zero-order valence-electron chi connectivity index (χ0n) is 13.4. The number of aromatic nitrogens is 1. The van der Waals surface area contributed by atoms with Gasteiger partial charge in [0.1, 0.15) is 5.82 Å². The third-order valence-electron chi connectivity index (χ3n) is 5.02. The van der Waals surface area contributed by atoms with Crippen LogP contribution in [0.3, 0.4) is 0 Å². The molecule has 2 aliphatic heterocycles. The number of halogens is 1. The van der Waals surface area contributed by atoms with Crippen LogP contribution in [0.2, 0.25) is 0 Å². The second-order valence-electron chi connectivity index (χ2n) is 6.77. The molecule has 2 aliphatic rings. The van der Waals surface area contributed by atoms with Crippen LogP contribution in [-0.2, 0) is 17.9 Å². The van der Waals surface area contributed by atoms with Crippen molar-refractivity contribution in [1.29, 1.82) is 0 Å². The minimum Gasteiger partial charge on any atom is -0.338 e. The lowest BCUT2D eigenvalue weighted by Crippen LogP contribution is -2.32. The maximum absolute atomic E-state index is 13.0. The van der Waals surface area contributed by atoms with Gasteiger partial charge in [-0.15, -0.1) is 0 Å². The highest BCUT2D eigenvalue weighted by Gasteiger charge is 2.45. The first-order valence-corrected chi connectivity index (χ1v) is 8.33. The Bertz CT molecular complexity index is 719. The van der Waals surface area contributed by atoms with Gasteiger partial charge in [-0.25, -0.2) is 4.39 Å². The first kappa shape index (κ1) is 15.3. The highest BCUT2D eigenvalue weighted by Crippen LogP contribution is 2.33. The van der Waals surface area contributed by atoms with Crippen molar-refractivity contribution in [2.45, 2.75) is 13.1 Å². The van der Waals surface area contributed by atoms with E-state index in [0.717, 1.165) is 37.3 Å². The molecule has 0 unspecified atom stereocenters. The SMILES string of the molecule is O=C1[C@H]2CN(Cc3ccc(F)cc3)C[C@H]2CN1Cc1cccnc1. The van der Waals surface area contributed by atoms with Crippen molar-refractivity contribution < 1.29 is 9.18 Å². The summed E-state index contributed by atoms with van der Waals surface area (Å²) in [5.74, 6) is 0.542. The van der Waals surface area contributed by atoms with Gasteiger partial charge in [-0.3, -0.25) is 14.7 Å². The van der Waals surface area contributed by atoms with Crippen LogP contribution in [0.4, 0.5) is 4.39 Å². The van der Waals surface area contributed by atoms with E-state index in [9.17, 15) is 9.18 Å². The summed E-state index contributed by atoms with van der Waals surface area (Å²) in [6.07, 6.45) is 3.57. The van der Waals surface area contributed by atoms with Crippen LogP contribution in [0.5, 0.6) is 0 Å². The van der Waals surface area contributed by atoms with Gasteiger partial charge in [0, 0.05) is 51.0 Å². The molecule has 24 heavy (non-hydrogen) atoms. The van der Waals surface area contributed by atoms with Gasteiger partial charge in [0.15, 0.2) is 0 Å². The van der Waals surface area contributed by atoms with Gasteiger partial charge in [0.25, 0.3) is 0 Å². The Morgan fingerprint density at radius 3 is 2.58 bits per heavy atom. The van der Waals surface area contributed by atoms with Gasteiger partial charge >= 0.3 is 0 Å². The van der Waals surface area contributed by atoms with Gasteiger partial charge in [-0.1, -0.05) is 18.2 Å². The molecule has 5 heteroatoms. The minimum absolute atomic E-state index is 0.0992. The summed E-state index contributed by atoms with van der Waals surface area (Å²) < 4.78 is 13.0. The topological polar surface area (TPSA) is 36.4 Å². The molecule has 0 aliphatic carbocycles. The quantitative estimate of drug-likeness (QED) is 0.865. The molecule has 0 spiro atoms. The molecule has 2 saturated heterocycles. The largest absolute Gasteiger partial charge is 0.338 e. The van der Waals surface area contributed by atoms with Crippen molar-refractivity contribution in [3.63, 3.8) is 0 Å². The second kappa shape index (κ2) is 6.32. The summed E-state index contributed by atoms with van der Waals surface area (Å²) in [7, 11) is 0. The van der Waals surface area contributed by atoms with Gasteiger partial charge in [-0.05, 0) is 29.3 Å². The van der Waals surface area contributed by atoms with Crippen LogP contribution >= 0.6 is 0 Å². The Labute approximate surface area is 140 Å². The average molecular weight is 325 g/mol. The maximum atomic E-state index is 13.0. The highest BCUT2D eigenvalue weighted by atomic mass is 19.1. The van der Waals surface area contributed by atoms with Gasteiger partial charge in [0.2, 0.25) is 5.91 Å². The molecule has 0 radical (unpaired) electrons. The molecule has 2 fully saturated rings. The molecule has 4 nitrogen and oxygen atoms in total. The summed E-state index contributed by atoms with van der Waals surface area (Å²) >= 11 is 0. The van der Waals surface area contributed by atoms with Gasteiger partial charge in [-0.2, -0.15) is 0 Å². The van der Waals surface area contributed by atoms with Crippen molar-refractivity contribution in [3.8, 4) is 0 Å². The van der Waals surface area contributed by atoms with E-state index in [1.807, 2.05) is 35.4 Å². The summed E-state index contributed by atoms with van der Waals surface area (Å²) in [4.78, 5) is 21.0. The fourth-order valence-corrected chi connectivity index (χ4v) is 3.86. The van der Waals surface area contributed by atoms with Crippen LogP contribution in [-0.4, -0.2) is 40.3 Å². The number of benzene rings is 1. The Hall–Kier alpha value is -2.27. The fourth-order valence-electron chi connectivity index (χ4n) is 3.86. The van der Waals surface area contributed by atoms with Crippen LogP contribution in [0, 0.1) is 17.7 Å². The van der Waals surface area contributed by atoms with E-state index < -0.39 is 0 Å². The van der Waals surface area contributed by atoms with Crippen molar-refractivity contribution >= 4 is 5.91 Å². The van der Waals surface area contributed by atoms with Crippen LogP contribution < -0.4 is 0 Å². The van der Waals surface area contributed by atoms with E-state index in [2.05, 4.69) is 9.88 Å². The number of hydrogen-bond donors (Lipinski definition) is 0. The van der Waals surface area contributed by atoms with Crippen LogP contribution in [0.15, 0.2) is 48.8 Å². The Morgan fingerprint density at radius 2 is 1.88 bits per heavy atom. The first-order chi connectivity index (χ1) is 11.7. The predicted molar refractivity (Wildman–Crippen MR) is 88.3 cm³/mol. The lowest BCUT2D eigenvalue weighted by atomic mass is 10.0. The zero-order chi connectivity index (χ0) is 16.5. The number of carbonyl (C=O) groups is 1. The molecule has 0 N–H and O–H groups in total. The van der Waals surface area contributed by atoms with E-state index in [1.165, 1.54) is 12.1 Å². The van der Waals surface area contributed by atoms with E-state index in [0.29, 0.717) is 12.5 Å². The van der Waals surface area contributed by atoms with Gasteiger partial charge in [0.05, 0.1) is 5.92 Å². The Kier molecular flexibility index (Phi) is 4.02. The normalized spacial score (nSPS) is 23.7. The summed E-state index contributed by atoms with van der Waals surface area (Å²) in [5.41, 5.74) is 2.17. The van der Waals surface area contributed by atoms with Crippen LogP contribution in [0.1, 0.15) is 11.1 Å². The molecule has 3 heterocycles. The average Bonchev–Trinajstić information content (AvgIpc) is 3.10. The van der Waals surface area contributed by atoms with E-state index in [1.54, 1.807) is 6.20 Å². The van der Waals surface area contributed by atoms with Crippen LogP contribution in [0.25, 0.3) is 0 Å². The second-order valence-corrected chi connectivity index (χ2v) is 6.77. The third-order valence-corrected chi connectivity index (χ3v) is 5.02. The maximum Gasteiger partial charge on any atom is 0.227 e. The Morgan fingerprint density at radius 1 is 1.04 bits per heavy atom. The molecular formula is C19H20FN3O. The number of rotatable bonds is 4. The van der Waals surface area contributed by atoms with Gasteiger partial charge < -0.3 is 4.90 Å². The van der Waals surface area contributed by atoms with Crippen molar-refractivity contribution in [2.24, 2.45) is 11.8 Å². The molecule has 2 atom stereocenters. The number of nitrogens with zero attached hydrogens (tertiary/aromatic N) is 3. The molecule has 0 bridgehead atoms. The van der Waals surface area contributed by atoms with E-state index in [-0.39, 0.29) is 17.6 Å². The predicted octanol–water partition coefficient (Wildman–Crippen LogP) is 2.31. The third kappa shape index (κ3) is 3.04. The smallest absolute Gasteiger partial charge is 0.227 e. The van der Waals surface area contributed by atoms with Crippen molar-refractivity contribution in [1.82, 2.24) is 14.8 Å². The summed E-state index contributed by atoms with van der Waals surface area (Å²) in [5, 5.41) is 0. The van der Waals surface area contributed by atoms with Crippen molar-refractivity contribution in [3.05, 3.63) is 65.7 Å². The zero-order valence-corrected chi connectivity index (χ0v) is 13.4. The lowest BCUT2D eigenvalue weighted by Gasteiger charge is -2.21. The number of carbonyl (C=O) groups excluding carboxylic acids is 1. The monoisotopic (exact) mass is 325 g/mol. The molecule has 0 saturated carbocycles. The molecule has 2 aromatic rings. The number of pyridine rings is 1. The number of fused-ring (bicyclic) bond motifs is 1. The number of likely N-dealkylation sites (tertiary alicyclic amines) is 2. The molecule has 4 rings (SSSR count). The molecule has 1 aromatic carbocycles. The number of amides is 1. The summed E-state index contributed by atoms with van der Waals surface area (Å²) in [6.45, 7) is 3.97. The highest BCUT2D eigenvalue weighted by molar-refractivity contribution is 5.82. The fraction of sp³-hybridized carbons (Fsp3) is 0.368. The van der Waals surface area contributed by atoms with E-state index in [4.69, 9.17) is 0 Å². The summed E-state index contributed by atoms with van der Waals surface area (Å²) in [6, 6.07) is 10.5. The molecule has 1 amide bonds. The standard InChI is InChI=1S/C19H20FN3O/c20-17-5-3-14(4-6-17)9-22-11-16-12-23(19(24)18(16)13-22)10-15-2-1-7-21-8-15/h1-8,16,18H,9-13H2/t16-,18-/m0/s1. The van der Waals surface area contributed by atoms with Crippen molar-refractivity contribution in [2.75, 3.05) is 19.6 Å².